The maximum absolute atomic E-state index is 13.1. The molecule has 0 N–H and O–H groups in total. The summed E-state index contributed by atoms with van der Waals surface area (Å²) in [7, 11) is 0. The molecule has 3 aromatic carbocycles. The van der Waals surface area contributed by atoms with Gasteiger partial charge in [0.1, 0.15) is 11.3 Å². The van der Waals surface area contributed by atoms with Crippen molar-refractivity contribution in [3.05, 3.63) is 89.2 Å². The molecule has 0 bridgehead atoms. The number of ketones is 1. The van der Waals surface area contributed by atoms with E-state index in [-0.39, 0.29) is 11.6 Å². The summed E-state index contributed by atoms with van der Waals surface area (Å²) in [6, 6.07) is 18.5. The lowest BCUT2D eigenvalue weighted by Crippen LogP contribution is -2.04. The molecule has 0 atom stereocenters. The lowest BCUT2D eigenvalue weighted by Gasteiger charge is -2.07. The highest BCUT2D eigenvalue weighted by atomic mass is 19.1. The van der Waals surface area contributed by atoms with Crippen LogP contribution in [-0.2, 0) is 0 Å². The normalized spacial score (nSPS) is 11.0. The quantitative estimate of drug-likeness (QED) is 0.486. The number of hydrogen-bond acceptors (Lipinski definition) is 3. The third kappa shape index (κ3) is 2.83. The van der Waals surface area contributed by atoms with Crippen molar-refractivity contribution in [3.8, 4) is 11.5 Å². The molecule has 25 heavy (non-hydrogen) atoms. The van der Waals surface area contributed by atoms with Gasteiger partial charge < -0.3 is 4.42 Å². The molecule has 0 spiro atoms. The van der Waals surface area contributed by atoms with Gasteiger partial charge >= 0.3 is 0 Å². The zero-order chi connectivity index (χ0) is 17.4. The van der Waals surface area contributed by atoms with Gasteiger partial charge in [0.2, 0.25) is 5.89 Å². The number of carbonyl (C=O) groups is 1. The Morgan fingerprint density at radius 2 is 1.76 bits per heavy atom. The van der Waals surface area contributed by atoms with Crippen LogP contribution in [0.1, 0.15) is 21.5 Å². The molecule has 0 aliphatic rings. The fourth-order valence-electron chi connectivity index (χ4n) is 2.78. The number of aromatic nitrogens is 1. The molecule has 0 saturated heterocycles. The maximum Gasteiger partial charge on any atom is 0.228 e. The standard InChI is InChI=1S/C21H14FNO2/c1-13-6-11-16(20(24)14-7-9-15(22)10-8-14)17(12-13)21-23-18-4-2-3-5-19(18)25-21/h2-12H,1H3. The Morgan fingerprint density at radius 1 is 1.00 bits per heavy atom. The van der Waals surface area contributed by atoms with E-state index >= 15 is 0 Å². The Balaban J connectivity index is 1.86. The van der Waals surface area contributed by atoms with Crippen LogP contribution >= 0.6 is 0 Å². The highest BCUT2D eigenvalue weighted by Gasteiger charge is 2.19. The molecule has 0 fully saturated rings. The molecule has 0 aliphatic carbocycles. The molecule has 122 valence electrons. The lowest BCUT2D eigenvalue weighted by molar-refractivity contribution is 0.103. The van der Waals surface area contributed by atoms with Crippen LogP contribution in [0.5, 0.6) is 0 Å². The van der Waals surface area contributed by atoms with Crippen LogP contribution in [0, 0.1) is 12.7 Å². The summed E-state index contributed by atoms with van der Waals surface area (Å²) in [6.45, 7) is 1.94. The lowest BCUT2D eigenvalue weighted by atomic mass is 9.96. The van der Waals surface area contributed by atoms with Crippen LogP contribution in [0.25, 0.3) is 22.6 Å². The molecule has 1 aromatic heterocycles. The molecule has 4 heteroatoms. The average Bonchev–Trinajstić information content (AvgIpc) is 3.06. The number of halogens is 1. The van der Waals surface area contributed by atoms with Crippen LogP contribution in [0.2, 0.25) is 0 Å². The largest absolute Gasteiger partial charge is 0.436 e. The van der Waals surface area contributed by atoms with Crippen molar-refractivity contribution in [1.82, 2.24) is 4.98 Å². The van der Waals surface area contributed by atoms with E-state index < -0.39 is 0 Å². The molecule has 4 rings (SSSR count). The monoisotopic (exact) mass is 331 g/mol. The smallest absolute Gasteiger partial charge is 0.228 e. The Hall–Kier alpha value is -3.27. The maximum atomic E-state index is 13.1. The summed E-state index contributed by atoms with van der Waals surface area (Å²) in [4.78, 5) is 17.4. The van der Waals surface area contributed by atoms with Crippen molar-refractivity contribution in [2.75, 3.05) is 0 Å². The number of rotatable bonds is 3. The molecular weight excluding hydrogens is 317 g/mol. The number of fused-ring (bicyclic) bond motifs is 1. The fourth-order valence-corrected chi connectivity index (χ4v) is 2.78. The van der Waals surface area contributed by atoms with Crippen molar-refractivity contribution in [2.24, 2.45) is 0 Å². The number of oxazole rings is 1. The van der Waals surface area contributed by atoms with Crippen molar-refractivity contribution >= 4 is 16.9 Å². The van der Waals surface area contributed by atoms with E-state index in [4.69, 9.17) is 4.42 Å². The number of aryl methyl sites for hydroxylation is 1. The summed E-state index contributed by atoms with van der Waals surface area (Å²) in [5.74, 6) is -0.174. The van der Waals surface area contributed by atoms with Crippen molar-refractivity contribution < 1.29 is 13.6 Å². The van der Waals surface area contributed by atoms with Gasteiger partial charge in [0.05, 0.1) is 0 Å². The molecule has 0 saturated carbocycles. The summed E-state index contributed by atoms with van der Waals surface area (Å²) in [5, 5.41) is 0. The van der Waals surface area contributed by atoms with Crippen molar-refractivity contribution in [1.29, 1.82) is 0 Å². The SMILES string of the molecule is Cc1ccc(C(=O)c2ccc(F)cc2)c(-c2nc3ccccc3o2)c1. The van der Waals surface area contributed by atoms with Gasteiger partial charge in [0.15, 0.2) is 11.4 Å². The minimum Gasteiger partial charge on any atom is -0.436 e. The molecule has 1 heterocycles. The summed E-state index contributed by atoms with van der Waals surface area (Å²) in [6.07, 6.45) is 0. The van der Waals surface area contributed by atoms with Crippen LogP contribution in [0.3, 0.4) is 0 Å². The van der Waals surface area contributed by atoms with Crippen LogP contribution < -0.4 is 0 Å². The van der Waals surface area contributed by atoms with Crippen LogP contribution in [0.15, 0.2) is 71.1 Å². The van der Waals surface area contributed by atoms with E-state index in [0.717, 1.165) is 11.1 Å². The van der Waals surface area contributed by atoms with Gasteiger partial charge in [-0.3, -0.25) is 4.79 Å². The minimum absolute atomic E-state index is 0.197. The first kappa shape index (κ1) is 15.3. The van der Waals surface area contributed by atoms with Crippen LogP contribution in [0.4, 0.5) is 4.39 Å². The Labute approximate surface area is 143 Å². The second-order valence-electron chi connectivity index (χ2n) is 5.87. The fraction of sp³-hybridized carbons (Fsp3) is 0.0476. The Morgan fingerprint density at radius 3 is 2.52 bits per heavy atom. The number of carbonyl (C=O) groups excluding carboxylic acids is 1. The van der Waals surface area contributed by atoms with Crippen molar-refractivity contribution in [3.63, 3.8) is 0 Å². The van der Waals surface area contributed by atoms with Gasteiger partial charge in [-0.05, 0) is 55.5 Å². The topological polar surface area (TPSA) is 43.1 Å². The van der Waals surface area contributed by atoms with E-state index in [1.54, 1.807) is 6.07 Å². The molecule has 0 amide bonds. The molecule has 0 unspecified atom stereocenters. The van der Waals surface area contributed by atoms with E-state index in [9.17, 15) is 9.18 Å². The highest BCUT2D eigenvalue weighted by Crippen LogP contribution is 2.29. The second kappa shape index (κ2) is 5.98. The van der Waals surface area contributed by atoms with Gasteiger partial charge in [-0.25, -0.2) is 9.37 Å². The zero-order valence-electron chi connectivity index (χ0n) is 13.5. The average molecular weight is 331 g/mol. The Kier molecular flexibility index (Phi) is 3.65. The van der Waals surface area contributed by atoms with E-state index in [0.29, 0.717) is 28.2 Å². The zero-order valence-corrected chi connectivity index (χ0v) is 13.5. The summed E-state index contributed by atoms with van der Waals surface area (Å²) in [5.41, 5.74) is 3.92. The molecular formula is C21H14FNO2. The summed E-state index contributed by atoms with van der Waals surface area (Å²) < 4.78 is 19.0. The van der Waals surface area contributed by atoms with Crippen molar-refractivity contribution in [2.45, 2.75) is 6.92 Å². The number of para-hydroxylation sites is 2. The van der Waals surface area contributed by atoms with E-state index in [1.807, 2.05) is 43.3 Å². The van der Waals surface area contributed by atoms with Gasteiger partial charge in [-0.1, -0.05) is 23.8 Å². The molecule has 3 nitrogen and oxygen atoms in total. The van der Waals surface area contributed by atoms with Gasteiger partial charge in [-0.15, -0.1) is 0 Å². The third-order valence-corrected chi connectivity index (χ3v) is 4.05. The first-order chi connectivity index (χ1) is 12.1. The first-order valence-electron chi connectivity index (χ1n) is 7.89. The highest BCUT2D eigenvalue weighted by molar-refractivity contribution is 6.12. The van der Waals surface area contributed by atoms with Gasteiger partial charge in [0.25, 0.3) is 0 Å². The predicted octanol–water partition coefficient (Wildman–Crippen LogP) is 5.17. The van der Waals surface area contributed by atoms with Crippen LogP contribution in [-0.4, -0.2) is 10.8 Å². The molecule has 0 aliphatic heterocycles. The Bertz CT molecular complexity index is 1050. The van der Waals surface area contributed by atoms with E-state index in [2.05, 4.69) is 4.98 Å². The number of benzene rings is 3. The van der Waals surface area contributed by atoms with Gasteiger partial charge in [-0.2, -0.15) is 0 Å². The molecule has 4 aromatic rings. The number of nitrogens with zero attached hydrogens (tertiary/aromatic N) is 1. The summed E-state index contributed by atoms with van der Waals surface area (Å²) >= 11 is 0. The van der Waals surface area contributed by atoms with E-state index in [1.165, 1.54) is 24.3 Å². The van der Waals surface area contributed by atoms with Gasteiger partial charge in [0, 0.05) is 16.7 Å². The first-order valence-corrected chi connectivity index (χ1v) is 7.89. The molecule has 0 radical (unpaired) electrons. The number of hydrogen-bond donors (Lipinski definition) is 0. The third-order valence-electron chi connectivity index (χ3n) is 4.05. The minimum atomic E-state index is -0.375. The predicted molar refractivity (Wildman–Crippen MR) is 94.0 cm³/mol. The second-order valence-corrected chi connectivity index (χ2v) is 5.87.